The van der Waals surface area contributed by atoms with Crippen molar-refractivity contribution in [3.63, 3.8) is 0 Å². The first-order valence-corrected chi connectivity index (χ1v) is 7.26. The Kier molecular flexibility index (Phi) is 3.86. The summed E-state index contributed by atoms with van der Waals surface area (Å²) in [5, 5.41) is 3.68. The molecule has 1 aliphatic rings. The SMILES string of the molecule is Cc1sc(CNC2CCCC2C)cc1Br. The number of thiophene rings is 1. The third kappa shape index (κ3) is 2.83. The van der Waals surface area contributed by atoms with Crippen LogP contribution in [0.25, 0.3) is 0 Å². The molecule has 1 fully saturated rings. The first-order valence-electron chi connectivity index (χ1n) is 5.65. The van der Waals surface area contributed by atoms with Crippen molar-refractivity contribution < 1.29 is 0 Å². The van der Waals surface area contributed by atoms with Gasteiger partial charge in [0, 0.05) is 26.8 Å². The van der Waals surface area contributed by atoms with E-state index < -0.39 is 0 Å². The molecule has 1 nitrogen and oxygen atoms in total. The van der Waals surface area contributed by atoms with Crippen LogP contribution in [0, 0.1) is 12.8 Å². The summed E-state index contributed by atoms with van der Waals surface area (Å²) in [6.45, 7) is 5.56. The lowest BCUT2D eigenvalue weighted by atomic mass is 10.1. The number of hydrogen-bond acceptors (Lipinski definition) is 2. The Hall–Kier alpha value is 0.140. The van der Waals surface area contributed by atoms with Gasteiger partial charge in [0.1, 0.15) is 0 Å². The zero-order chi connectivity index (χ0) is 10.8. The maximum atomic E-state index is 3.68. The lowest BCUT2D eigenvalue weighted by Gasteiger charge is -2.16. The second-order valence-corrected chi connectivity index (χ2v) is 6.71. The van der Waals surface area contributed by atoms with Crippen molar-refractivity contribution in [3.8, 4) is 0 Å². The zero-order valence-electron chi connectivity index (χ0n) is 9.35. The summed E-state index contributed by atoms with van der Waals surface area (Å²) in [6.07, 6.45) is 4.14. The third-order valence-electron chi connectivity index (χ3n) is 3.31. The Morgan fingerprint density at radius 3 is 2.87 bits per heavy atom. The van der Waals surface area contributed by atoms with Crippen LogP contribution in [0.2, 0.25) is 0 Å². The summed E-state index contributed by atoms with van der Waals surface area (Å²) in [4.78, 5) is 2.82. The molecule has 0 aromatic carbocycles. The van der Waals surface area contributed by atoms with E-state index in [4.69, 9.17) is 0 Å². The van der Waals surface area contributed by atoms with Gasteiger partial charge in [0.2, 0.25) is 0 Å². The summed E-state index contributed by atoms with van der Waals surface area (Å²) in [6, 6.07) is 2.98. The highest BCUT2D eigenvalue weighted by Crippen LogP contribution is 2.28. The molecule has 1 saturated carbocycles. The molecule has 0 saturated heterocycles. The lowest BCUT2D eigenvalue weighted by molar-refractivity contribution is 0.427. The van der Waals surface area contributed by atoms with Gasteiger partial charge >= 0.3 is 0 Å². The Labute approximate surface area is 104 Å². The molecule has 0 spiro atoms. The fourth-order valence-corrected chi connectivity index (χ4v) is 3.84. The Morgan fingerprint density at radius 1 is 1.53 bits per heavy atom. The van der Waals surface area contributed by atoms with Crippen LogP contribution in [-0.2, 0) is 6.54 Å². The summed E-state index contributed by atoms with van der Waals surface area (Å²) in [5.41, 5.74) is 0. The molecule has 0 aliphatic heterocycles. The van der Waals surface area contributed by atoms with Crippen molar-refractivity contribution >= 4 is 27.3 Å². The van der Waals surface area contributed by atoms with Gasteiger partial charge in [-0.1, -0.05) is 13.3 Å². The molecule has 0 amide bonds. The van der Waals surface area contributed by atoms with E-state index >= 15 is 0 Å². The number of halogens is 1. The molecule has 1 N–H and O–H groups in total. The number of rotatable bonds is 3. The lowest BCUT2D eigenvalue weighted by Crippen LogP contribution is -2.30. The maximum absolute atomic E-state index is 3.68. The van der Waals surface area contributed by atoms with Gasteiger partial charge in [-0.2, -0.15) is 0 Å². The topological polar surface area (TPSA) is 12.0 Å². The first kappa shape index (κ1) is 11.6. The summed E-state index contributed by atoms with van der Waals surface area (Å²) < 4.78 is 1.25. The zero-order valence-corrected chi connectivity index (χ0v) is 11.7. The fraction of sp³-hybridized carbons (Fsp3) is 0.667. The molecule has 1 aliphatic carbocycles. The monoisotopic (exact) mass is 287 g/mol. The van der Waals surface area contributed by atoms with Crippen LogP contribution < -0.4 is 5.32 Å². The summed E-state index contributed by atoms with van der Waals surface area (Å²) in [5.74, 6) is 0.856. The summed E-state index contributed by atoms with van der Waals surface area (Å²) in [7, 11) is 0. The molecule has 15 heavy (non-hydrogen) atoms. The van der Waals surface area contributed by atoms with E-state index in [-0.39, 0.29) is 0 Å². The fourth-order valence-electron chi connectivity index (χ4n) is 2.29. The van der Waals surface area contributed by atoms with Crippen LogP contribution in [0.4, 0.5) is 0 Å². The number of aryl methyl sites for hydroxylation is 1. The van der Waals surface area contributed by atoms with Gasteiger partial charge < -0.3 is 5.32 Å². The van der Waals surface area contributed by atoms with Crippen LogP contribution in [0.1, 0.15) is 35.9 Å². The van der Waals surface area contributed by atoms with E-state index in [9.17, 15) is 0 Å². The second-order valence-electron chi connectivity index (χ2n) is 4.51. The third-order valence-corrected chi connectivity index (χ3v) is 5.44. The maximum Gasteiger partial charge on any atom is 0.0314 e. The van der Waals surface area contributed by atoms with Gasteiger partial charge in [-0.25, -0.2) is 0 Å². The molecular weight excluding hydrogens is 270 g/mol. The largest absolute Gasteiger partial charge is 0.309 e. The molecule has 2 unspecified atom stereocenters. The first-order chi connectivity index (χ1) is 7.16. The Morgan fingerprint density at radius 2 is 2.33 bits per heavy atom. The van der Waals surface area contributed by atoms with Gasteiger partial charge in [-0.05, 0) is 47.7 Å². The minimum absolute atomic E-state index is 0.742. The molecule has 1 heterocycles. The summed E-state index contributed by atoms with van der Waals surface area (Å²) >= 11 is 5.45. The van der Waals surface area contributed by atoms with Gasteiger partial charge in [0.05, 0.1) is 0 Å². The van der Waals surface area contributed by atoms with Crippen molar-refractivity contribution in [3.05, 3.63) is 20.3 Å². The molecule has 1 aromatic heterocycles. The molecule has 1 aromatic rings. The standard InChI is InChI=1S/C12H18BrNS/c1-8-4-3-5-12(8)14-7-10-6-11(13)9(2)15-10/h6,8,12,14H,3-5,7H2,1-2H3. The van der Waals surface area contributed by atoms with Gasteiger partial charge in [-0.3, -0.25) is 0 Å². The predicted octanol–water partition coefficient (Wildman–Crippen LogP) is 4.10. The van der Waals surface area contributed by atoms with Crippen molar-refractivity contribution in [1.82, 2.24) is 5.32 Å². The molecular formula is C12H18BrNS. The van der Waals surface area contributed by atoms with Crippen molar-refractivity contribution in [2.45, 2.75) is 45.7 Å². The van der Waals surface area contributed by atoms with Crippen LogP contribution in [0.3, 0.4) is 0 Å². The van der Waals surface area contributed by atoms with Gasteiger partial charge in [0.25, 0.3) is 0 Å². The minimum atomic E-state index is 0.742. The van der Waals surface area contributed by atoms with Gasteiger partial charge in [-0.15, -0.1) is 11.3 Å². The van der Waals surface area contributed by atoms with Crippen LogP contribution in [0.5, 0.6) is 0 Å². The second kappa shape index (κ2) is 4.98. The van der Waals surface area contributed by atoms with Crippen molar-refractivity contribution in [2.75, 3.05) is 0 Å². The number of hydrogen-bond donors (Lipinski definition) is 1. The quantitative estimate of drug-likeness (QED) is 0.883. The molecule has 84 valence electrons. The Balaban J connectivity index is 1.87. The molecule has 2 atom stereocenters. The van der Waals surface area contributed by atoms with Crippen molar-refractivity contribution in [2.24, 2.45) is 5.92 Å². The average Bonchev–Trinajstić information content (AvgIpc) is 2.72. The Bertz CT molecular complexity index is 315. The number of nitrogens with one attached hydrogen (secondary N) is 1. The molecule has 0 bridgehead atoms. The molecule has 3 heteroatoms. The van der Waals surface area contributed by atoms with Crippen LogP contribution >= 0.6 is 27.3 Å². The van der Waals surface area contributed by atoms with E-state index in [2.05, 4.69) is 41.2 Å². The highest BCUT2D eigenvalue weighted by atomic mass is 79.9. The van der Waals surface area contributed by atoms with Crippen LogP contribution in [-0.4, -0.2) is 6.04 Å². The molecule has 2 rings (SSSR count). The minimum Gasteiger partial charge on any atom is -0.309 e. The average molecular weight is 288 g/mol. The highest BCUT2D eigenvalue weighted by molar-refractivity contribution is 9.10. The van der Waals surface area contributed by atoms with Crippen molar-refractivity contribution in [1.29, 1.82) is 0 Å². The van der Waals surface area contributed by atoms with Crippen LogP contribution in [0.15, 0.2) is 10.5 Å². The van der Waals surface area contributed by atoms with E-state index in [1.165, 1.54) is 33.5 Å². The predicted molar refractivity (Wildman–Crippen MR) is 70.4 cm³/mol. The normalized spacial score (nSPS) is 26.1. The van der Waals surface area contributed by atoms with E-state index in [0.717, 1.165) is 18.5 Å². The molecule has 0 radical (unpaired) electrons. The smallest absolute Gasteiger partial charge is 0.0314 e. The van der Waals surface area contributed by atoms with E-state index in [1.54, 1.807) is 0 Å². The van der Waals surface area contributed by atoms with E-state index in [0.29, 0.717) is 0 Å². The highest BCUT2D eigenvalue weighted by Gasteiger charge is 2.22. The van der Waals surface area contributed by atoms with Gasteiger partial charge in [0.15, 0.2) is 0 Å². The van der Waals surface area contributed by atoms with E-state index in [1.807, 2.05) is 11.3 Å².